The predicted octanol–water partition coefficient (Wildman–Crippen LogP) is 5.32. The van der Waals surface area contributed by atoms with E-state index in [1.54, 1.807) is 12.1 Å². The number of carbonyl (C=O) groups excluding carboxylic acids is 1. The van der Waals surface area contributed by atoms with E-state index in [1.807, 2.05) is 67.6 Å². The van der Waals surface area contributed by atoms with Crippen LogP contribution in [0.5, 0.6) is 0 Å². The van der Waals surface area contributed by atoms with Gasteiger partial charge in [-0.2, -0.15) is 0 Å². The minimum absolute atomic E-state index is 0.0527. The Balaban J connectivity index is 1.52. The molecule has 0 saturated heterocycles. The van der Waals surface area contributed by atoms with Crippen molar-refractivity contribution in [1.29, 1.82) is 0 Å². The molecule has 6 nitrogen and oxygen atoms in total. The average molecular weight is 466 g/mol. The van der Waals surface area contributed by atoms with Gasteiger partial charge in [0.15, 0.2) is 5.82 Å². The van der Waals surface area contributed by atoms with E-state index >= 15 is 0 Å². The topological polar surface area (TPSA) is 83.6 Å². The van der Waals surface area contributed by atoms with Crippen molar-refractivity contribution in [3.63, 3.8) is 0 Å². The molecule has 0 aliphatic carbocycles. The van der Waals surface area contributed by atoms with Gasteiger partial charge < -0.3 is 5.32 Å². The second-order valence-corrected chi connectivity index (χ2v) is 8.45. The number of rotatable bonds is 7. The number of amides is 1. The van der Waals surface area contributed by atoms with E-state index in [-0.39, 0.29) is 17.9 Å². The maximum Gasteiger partial charge on any atom is 0.251 e. The maximum atomic E-state index is 12.9. The highest BCUT2D eigenvalue weighted by molar-refractivity contribution is 6.30. The molecule has 8 heteroatoms. The first-order valence-corrected chi connectivity index (χ1v) is 10.9. The first kappa shape index (κ1) is 22.0. The summed E-state index contributed by atoms with van der Waals surface area (Å²) in [6.45, 7) is 2.02. The zero-order valence-electron chi connectivity index (χ0n) is 17.3. The summed E-state index contributed by atoms with van der Waals surface area (Å²) < 4.78 is 0. The van der Waals surface area contributed by atoms with Gasteiger partial charge in [0.25, 0.3) is 5.91 Å². The SMILES string of the molecule is CC(NC(=O)c1ccc(-c2nnn[nH]2)cc1)C(Cc1ccc(Cl)cc1)c1ccc(Cl)cc1. The van der Waals surface area contributed by atoms with Crippen molar-refractivity contribution in [2.75, 3.05) is 0 Å². The summed E-state index contributed by atoms with van der Waals surface area (Å²) in [5, 5.41) is 18.3. The Morgan fingerprint density at radius 1 is 0.938 bits per heavy atom. The van der Waals surface area contributed by atoms with Crippen LogP contribution in [0, 0.1) is 0 Å². The Morgan fingerprint density at radius 3 is 2.16 bits per heavy atom. The second kappa shape index (κ2) is 9.94. The Labute approximate surface area is 196 Å². The number of tetrazole rings is 1. The van der Waals surface area contributed by atoms with E-state index in [0.717, 1.165) is 23.1 Å². The van der Waals surface area contributed by atoms with Gasteiger partial charge in [-0.3, -0.25) is 4.79 Å². The van der Waals surface area contributed by atoms with Gasteiger partial charge in [0, 0.05) is 33.1 Å². The summed E-state index contributed by atoms with van der Waals surface area (Å²) in [7, 11) is 0. The van der Waals surface area contributed by atoms with Crippen molar-refractivity contribution < 1.29 is 4.79 Å². The average Bonchev–Trinajstić information content (AvgIpc) is 3.34. The molecule has 0 bridgehead atoms. The van der Waals surface area contributed by atoms with Crippen LogP contribution in [0.4, 0.5) is 0 Å². The van der Waals surface area contributed by atoms with Gasteiger partial charge in [-0.25, -0.2) is 5.10 Å². The molecule has 0 aliphatic rings. The standard InChI is InChI=1S/C24H21Cl2N5O/c1-15(27-24(32)19-6-4-18(5-7-19)23-28-30-31-29-23)22(17-8-12-21(26)13-9-17)14-16-2-10-20(25)11-3-16/h2-13,15,22H,14H2,1H3,(H,27,32)(H,28,29,30,31). The number of hydrogen-bond donors (Lipinski definition) is 2. The fraction of sp³-hybridized carbons (Fsp3) is 0.167. The minimum atomic E-state index is -0.144. The molecule has 0 aliphatic heterocycles. The van der Waals surface area contributed by atoms with Crippen molar-refractivity contribution in [3.8, 4) is 11.4 Å². The van der Waals surface area contributed by atoms with Crippen LogP contribution < -0.4 is 5.32 Å². The van der Waals surface area contributed by atoms with Gasteiger partial charge in [-0.1, -0.05) is 59.6 Å². The summed E-state index contributed by atoms with van der Waals surface area (Å²) in [4.78, 5) is 12.9. The molecule has 0 saturated carbocycles. The third-order valence-corrected chi connectivity index (χ3v) is 5.90. The molecular weight excluding hydrogens is 445 g/mol. The van der Waals surface area contributed by atoms with E-state index in [2.05, 4.69) is 25.9 Å². The summed E-state index contributed by atoms with van der Waals surface area (Å²) in [5.74, 6) is 0.461. The Hall–Kier alpha value is -3.22. The van der Waals surface area contributed by atoms with E-state index in [0.29, 0.717) is 21.4 Å². The molecule has 1 aromatic heterocycles. The van der Waals surface area contributed by atoms with Crippen molar-refractivity contribution in [1.82, 2.24) is 25.9 Å². The van der Waals surface area contributed by atoms with Crippen LogP contribution >= 0.6 is 23.2 Å². The molecule has 4 rings (SSSR count). The molecule has 2 unspecified atom stereocenters. The highest BCUT2D eigenvalue weighted by atomic mass is 35.5. The molecule has 0 radical (unpaired) electrons. The smallest absolute Gasteiger partial charge is 0.251 e. The fourth-order valence-electron chi connectivity index (χ4n) is 3.62. The molecule has 3 aromatic carbocycles. The number of carbonyl (C=O) groups is 1. The molecule has 2 N–H and O–H groups in total. The largest absolute Gasteiger partial charge is 0.349 e. The summed E-state index contributed by atoms with van der Waals surface area (Å²) in [6.07, 6.45) is 0.748. The van der Waals surface area contributed by atoms with Gasteiger partial charge in [0.2, 0.25) is 0 Å². The lowest BCUT2D eigenvalue weighted by atomic mass is 9.86. The lowest BCUT2D eigenvalue weighted by Crippen LogP contribution is -2.37. The van der Waals surface area contributed by atoms with Crippen LogP contribution in [0.15, 0.2) is 72.8 Å². The predicted molar refractivity (Wildman–Crippen MR) is 126 cm³/mol. The molecule has 1 amide bonds. The summed E-state index contributed by atoms with van der Waals surface area (Å²) in [5.41, 5.74) is 3.61. The minimum Gasteiger partial charge on any atom is -0.349 e. The zero-order valence-corrected chi connectivity index (χ0v) is 18.8. The first-order valence-electron chi connectivity index (χ1n) is 10.1. The van der Waals surface area contributed by atoms with Crippen molar-refractivity contribution >= 4 is 29.1 Å². The zero-order chi connectivity index (χ0) is 22.5. The van der Waals surface area contributed by atoms with Gasteiger partial charge in [0.05, 0.1) is 0 Å². The van der Waals surface area contributed by atoms with Gasteiger partial charge in [-0.15, -0.1) is 5.10 Å². The number of nitrogens with one attached hydrogen (secondary N) is 2. The van der Waals surface area contributed by atoms with Crippen LogP contribution in [0.2, 0.25) is 10.0 Å². The lowest BCUT2D eigenvalue weighted by Gasteiger charge is -2.26. The Morgan fingerprint density at radius 2 is 1.56 bits per heavy atom. The van der Waals surface area contributed by atoms with Crippen molar-refractivity contribution in [2.24, 2.45) is 0 Å². The van der Waals surface area contributed by atoms with E-state index in [4.69, 9.17) is 23.2 Å². The van der Waals surface area contributed by atoms with E-state index < -0.39 is 0 Å². The quantitative estimate of drug-likeness (QED) is 0.386. The number of aromatic nitrogens is 4. The number of H-pyrrole nitrogens is 1. The van der Waals surface area contributed by atoms with Gasteiger partial charge in [-0.05, 0) is 71.3 Å². The molecule has 162 valence electrons. The molecule has 2 atom stereocenters. The normalized spacial score (nSPS) is 12.8. The molecule has 1 heterocycles. The van der Waals surface area contributed by atoms with Gasteiger partial charge in [0.1, 0.15) is 0 Å². The number of hydrogen-bond acceptors (Lipinski definition) is 4. The lowest BCUT2D eigenvalue weighted by molar-refractivity contribution is 0.0934. The van der Waals surface area contributed by atoms with Crippen LogP contribution in [0.1, 0.15) is 34.3 Å². The molecule has 32 heavy (non-hydrogen) atoms. The van der Waals surface area contributed by atoms with E-state index in [1.165, 1.54) is 0 Å². The number of nitrogens with zero attached hydrogens (tertiary/aromatic N) is 3. The third-order valence-electron chi connectivity index (χ3n) is 5.40. The molecular formula is C24H21Cl2N5O. The Kier molecular flexibility index (Phi) is 6.83. The van der Waals surface area contributed by atoms with Crippen molar-refractivity contribution in [2.45, 2.75) is 25.3 Å². The second-order valence-electron chi connectivity index (χ2n) is 7.58. The highest BCUT2D eigenvalue weighted by Crippen LogP contribution is 2.27. The van der Waals surface area contributed by atoms with Crippen LogP contribution in [-0.4, -0.2) is 32.6 Å². The van der Waals surface area contributed by atoms with Crippen LogP contribution in [0.25, 0.3) is 11.4 Å². The molecule has 4 aromatic rings. The molecule has 0 spiro atoms. The first-order chi connectivity index (χ1) is 15.5. The monoisotopic (exact) mass is 465 g/mol. The fourth-order valence-corrected chi connectivity index (χ4v) is 3.87. The molecule has 0 fully saturated rings. The summed E-state index contributed by atoms with van der Waals surface area (Å²) in [6, 6.07) is 22.6. The maximum absolute atomic E-state index is 12.9. The highest BCUT2D eigenvalue weighted by Gasteiger charge is 2.22. The Bertz CT molecular complexity index is 1160. The van der Waals surface area contributed by atoms with Gasteiger partial charge >= 0.3 is 0 Å². The summed E-state index contributed by atoms with van der Waals surface area (Å²) >= 11 is 12.1. The third kappa shape index (κ3) is 5.33. The number of benzene rings is 3. The van der Waals surface area contributed by atoms with Crippen molar-refractivity contribution in [3.05, 3.63) is 99.5 Å². The van der Waals surface area contributed by atoms with Crippen LogP contribution in [-0.2, 0) is 6.42 Å². The van der Waals surface area contributed by atoms with Crippen LogP contribution in [0.3, 0.4) is 0 Å². The number of halogens is 2. The number of aromatic amines is 1. The van der Waals surface area contributed by atoms with E-state index in [9.17, 15) is 4.79 Å².